The lowest BCUT2D eigenvalue weighted by Gasteiger charge is -2.44. The van der Waals surface area contributed by atoms with Gasteiger partial charge < -0.3 is 5.11 Å². The molecule has 0 radical (unpaired) electrons. The van der Waals surface area contributed by atoms with Gasteiger partial charge in [-0.05, 0) is 52.1 Å². The first kappa shape index (κ1) is 13.7. The zero-order valence-electron chi connectivity index (χ0n) is 11.1. The number of nitrogens with zero attached hydrogens (tertiary/aromatic N) is 1. The largest absolute Gasteiger partial charge is 0.391 e. The van der Waals surface area contributed by atoms with E-state index in [0.717, 1.165) is 37.9 Å². The molecule has 2 heteroatoms. The molecule has 2 nitrogen and oxygen atoms in total. The summed E-state index contributed by atoms with van der Waals surface area (Å²) >= 11 is 0. The van der Waals surface area contributed by atoms with Crippen LogP contribution in [0.5, 0.6) is 0 Å². The van der Waals surface area contributed by atoms with Crippen LogP contribution in [0.2, 0.25) is 0 Å². The first-order valence-electron chi connectivity index (χ1n) is 6.64. The SMILES string of the molecule is C=C(C)CC(O)C(CC)(CC)N1CCCC1. The highest BCUT2D eigenvalue weighted by atomic mass is 16.3. The van der Waals surface area contributed by atoms with Crippen molar-refractivity contribution in [1.29, 1.82) is 0 Å². The minimum Gasteiger partial charge on any atom is -0.391 e. The fourth-order valence-electron chi connectivity index (χ4n) is 3.06. The number of likely N-dealkylation sites (tertiary alicyclic amines) is 1. The summed E-state index contributed by atoms with van der Waals surface area (Å²) in [5.74, 6) is 0. The van der Waals surface area contributed by atoms with Crippen LogP contribution in [0.25, 0.3) is 0 Å². The first-order valence-corrected chi connectivity index (χ1v) is 6.64. The van der Waals surface area contributed by atoms with E-state index in [1.54, 1.807) is 0 Å². The molecule has 1 atom stereocenters. The molecule has 16 heavy (non-hydrogen) atoms. The second-order valence-corrected chi connectivity index (χ2v) is 5.18. The van der Waals surface area contributed by atoms with Crippen molar-refractivity contribution in [3.63, 3.8) is 0 Å². The van der Waals surface area contributed by atoms with E-state index in [-0.39, 0.29) is 11.6 Å². The van der Waals surface area contributed by atoms with Gasteiger partial charge in [0.25, 0.3) is 0 Å². The monoisotopic (exact) mass is 225 g/mol. The molecule has 0 aromatic heterocycles. The van der Waals surface area contributed by atoms with Gasteiger partial charge in [0.05, 0.1) is 6.10 Å². The molecule has 0 bridgehead atoms. The van der Waals surface area contributed by atoms with Gasteiger partial charge in [0.1, 0.15) is 0 Å². The van der Waals surface area contributed by atoms with E-state index >= 15 is 0 Å². The Hall–Kier alpha value is -0.340. The van der Waals surface area contributed by atoms with Gasteiger partial charge in [-0.1, -0.05) is 19.4 Å². The third-order valence-corrected chi connectivity index (χ3v) is 4.12. The Morgan fingerprint density at radius 2 is 1.81 bits per heavy atom. The van der Waals surface area contributed by atoms with Gasteiger partial charge in [0, 0.05) is 5.54 Å². The normalized spacial score (nSPS) is 20.0. The predicted octanol–water partition coefficient (Wildman–Crippen LogP) is 2.97. The van der Waals surface area contributed by atoms with Gasteiger partial charge in [0.15, 0.2) is 0 Å². The van der Waals surface area contributed by atoms with Crippen LogP contribution < -0.4 is 0 Å². The predicted molar refractivity (Wildman–Crippen MR) is 69.6 cm³/mol. The van der Waals surface area contributed by atoms with E-state index in [0.29, 0.717) is 0 Å². The molecule has 0 aromatic rings. The van der Waals surface area contributed by atoms with E-state index in [2.05, 4.69) is 25.3 Å². The van der Waals surface area contributed by atoms with Crippen LogP contribution in [-0.2, 0) is 0 Å². The summed E-state index contributed by atoms with van der Waals surface area (Å²) in [6.45, 7) is 12.6. The minimum absolute atomic E-state index is 0.0184. The van der Waals surface area contributed by atoms with Crippen molar-refractivity contribution in [2.24, 2.45) is 0 Å². The van der Waals surface area contributed by atoms with Crippen molar-refractivity contribution >= 4 is 0 Å². The van der Waals surface area contributed by atoms with Crippen LogP contribution in [0.4, 0.5) is 0 Å². The summed E-state index contributed by atoms with van der Waals surface area (Å²) in [6.07, 6.45) is 5.08. The zero-order chi connectivity index (χ0) is 12.2. The van der Waals surface area contributed by atoms with Crippen LogP contribution in [0, 0.1) is 0 Å². The molecule has 0 amide bonds. The van der Waals surface area contributed by atoms with Crippen LogP contribution >= 0.6 is 0 Å². The molecule has 1 N–H and O–H groups in total. The number of rotatable bonds is 6. The lowest BCUT2D eigenvalue weighted by atomic mass is 9.82. The van der Waals surface area contributed by atoms with Gasteiger partial charge in [-0.15, -0.1) is 6.58 Å². The molecule has 0 spiro atoms. The van der Waals surface area contributed by atoms with Crippen molar-refractivity contribution in [2.75, 3.05) is 13.1 Å². The van der Waals surface area contributed by atoms with Crippen molar-refractivity contribution in [1.82, 2.24) is 4.90 Å². The maximum atomic E-state index is 10.5. The number of aliphatic hydroxyl groups is 1. The number of hydrogen-bond donors (Lipinski definition) is 1. The standard InChI is InChI=1S/C14H27NO/c1-5-14(6-2,13(16)11-12(3)4)15-9-7-8-10-15/h13,16H,3,5-11H2,1-2,4H3. The van der Waals surface area contributed by atoms with Crippen LogP contribution in [0.15, 0.2) is 12.2 Å². The van der Waals surface area contributed by atoms with Gasteiger partial charge in [-0.3, -0.25) is 4.90 Å². The molecule has 1 rings (SSSR count). The highest BCUT2D eigenvalue weighted by molar-refractivity contribution is 5.02. The molecule has 1 unspecified atom stereocenters. The van der Waals surface area contributed by atoms with E-state index in [1.165, 1.54) is 12.8 Å². The maximum Gasteiger partial charge on any atom is 0.0760 e. The number of aliphatic hydroxyl groups excluding tert-OH is 1. The van der Waals surface area contributed by atoms with Gasteiger partial charge in [-0.2, -0.15) is 0 Å². The average molecular weight is 225 g/mol. The molecule has 1 aliphatic heterocycles. The molecule has 0 aromatic carbocycles. The van der Waals surface area contributed by atoms with E-state index < -0.39 is 0 Å². The van der Waals surface area contributed by atoms with Crippen LogP contribution in [-0.4, -0.2) is 34.7 Å². The quantitative estimate of drug-likeness (QED) is 0.703. The van der Waals surface area contributed by atoms with Gasteiger partial charge in [0.2, 0.25) is 0 Å². The Kier molecular flexibility index (Phi) is 5.00. The van der Waals surface area contributed by atoms with Crippen molar-refractivity contribution in [2.45, 2.75) is 64.5 Å². The third kappa shape index (κ3) is 2.67. The lowest BCUT2D eigenvalue weighted by Crippen LogP contribution is -2.55. The minimum atomic E-state index is -0.266. The molecule has 1 saturated heterocycles. The van der Waals surface area contributed by atoms with E-state index in [9.17, 15) is 5.11 Å². The molecule has 0 saturated carbocycles. The molecule has 1 heterocycles. The highest BCUT2D eigenvalue weighted by Gasteiger charge is 2.40. The summed E-state index contributed by atoms with van der Waals surface area (Å²) in [7, 11) is 0. The topological polar surface area (TPSA) is 23.5 Å². The van der Waals surface area contributed by atoms with Crippen molar-refractivity contribution in [3.05, 3.63) is 12.2 Å². The first-order chi connectivity index (χ1) is 7.56. The Morgan fingerprint density at radius 1 is 1.31 bits per heavy atom. The lowest BCUT2D eigenvalue weighted by molar-refractivity contribution is -0.0268. The summed E-state index contributed by atoms with van der Waals surface area (Å²) in [4.78, 5) is 2.50. The molecule has 1 fully saturated rings. The molecular weight excluding hydrogens is 198 g/mol. The summed E-state index contributed by atoms with van der Waals surface area (Å²) < 4.78 is 0. The molecular formula is C14H27NO. The van der Waals surface area contributed by atoms with Crippen LogP contribution in [0.3, 0.4) is 0 Å². The Morgan fingerprint density at radius 3 is 2.19 bits per heavy atom. The fraction of sp³-hybridized carbons (Fsp3) is 0.857. The smallest absolute Gasteiger partial charge is 0.0760 e. The molecule has 0 aliphatic carbocycles. The fourth-order valence-corrected chi connectivity index (χ4v) is 3.06. The zero-order valence-corrected chi connectivity index (χ0v) is 11.1. The molecule has 94 valence electrons. The average Bonchev–Trinajstić information content (AvgIpc) is 2.73. The summed E-state index contributed by atoms with van der Waals surface area (Å²) in [5, 5.41) is 10.5. The van der Waals surface area contributed by atoms with Crippen molar-refractivity contribution in [3.8, 4) is 0 Å². The summed E-state index contributed by atoms with van der Waals surface area (Å²) in [5.41, 5.74) is 1.06. The second kappa shape index (κ2) is 5.83. The van der Waals surface area contributed by atoms with E-state index in [4.69, 9.17) is 0 Å². The molecule has 1 aliphatic rings. The second-order valence-electron chi connectivity index (χ2n) is 5.18. The Labute approximate surface area is 100 Å². The van der Waals surface area contributed by atoms with Gasteiger partial charge in [-0.25, -0.2) is 0 Å². The van der Waals surface area contributed by atoms with Crippen molar-refractivity contribution < 1.29 is 5.11 Å². The Balaban J connectivity index is 2.80. The third-order valence-electron chi connectivity index (χ3n) is 4.12. The van der Waals surface area contributed by atoms with Crippen LogP contribution in [0.1, 0.15) is 52.9 Å². The highest BCUT2D eigenvalue weighted by Crippen LogP contribution is 2.33. The Bertz CT molecular complexity index is 227. The summed E-state index contributed by atoms with van der Waals surface area (Å²) in [6, 6.07) is 0. The number of hydrogen-bond acceptors (Lipinski definition) is 2. The van der Waals surface area contributed by atoms with E-state index in [1.807, 2.05) is 6.92 Å². The maximum absolute atomic E-state index is 10.5. The van der Waals surface area contributed by atoms with Gasteiger partial charge >= 0.3 is 0 Å².